The summed E-state index contributed by atoms with van der Waals surface area (Å²) in [5.41, 5.74) is 0. The van der Waals surface area contributed by atoms with E-state index in [2.05, 4.69) is 35.5 Å². The summed E-state index contributed by atoms with van der Waals surface area (Å²) >= 11 is 0. The summed E-state index contributed by atoms with van der Waals surface area (Å²) in [7, 11) is 0. The minimum absolute atomic E-state index is 0.0322. The molecule has 1 heterocycles. The van der Waals surface area contributed by atoms with E-state index in [1.54, 1.807) is 0 Å². The first-order valence-electron chi connectivity index (χ1n) is 7.49. The van der Waals surface area contributed by atoms with E-state index in [1.807, 2.05) is 6.92 Å². The maximum atomic E-state index is 10.3. The lowest BCUT2D eigenvalue weighted by Gasteiger charge is -1.96. The quantitative estimate of drug-likeness (QED) is 0.424. The molecule has 3 nitrogen and oxygen atoms in total. The molecule has 0 saturated carbocycles. The largest absolute Gasteiger partial charge is 0.481 e. The van der Waals surface area contributed by atoms with Crippen LogP contribution in [-0.2, 0) is 9.53 Å². The topological polar surface area (TPSA) is 49.8 Å². The van der Waals surface area contributed by atoms with Crippen molar-refractivity contribution in [3.63, 3.8) is 0 Å². The molecule has 0 aromatic carbocycles. The van der Waals surface area contributed by atoms with Crippen molar-refractivity contribution in [2.75, 3.05) is 0 Å². The number of rotatable bonds is 8. The number of carboxylic acids is 1. The molecular weight excluding hydrogens is 264 g/mol. The first kappa shape index (κ1) is 17.2. The number of ether oxygens (including phenoxy) is 1. The van der Waals surface area contributed by atoms with Gasteiger partial charge < -0.3 is 9.84 Å². The molecule has 1 rings (SSSR count). The maximum Gasteiger partial charge on any atom is 0.304 e. The van der Waals surface area contributed by atoms with E-state index < -0.39 is 5.97 Å². The third-order valence-corrected chi connectivity index (χ3v) is 3.13. The van der Waals surface area contributed by atoms with Crippen LogP contribution in [0.3, 0.4) is 0 Å². The molecule has 2 atom stereocenters. The number of carbonyl (C=O) groups is 1. The highest BCUT2D eigenvalue weighted by Crippen LogP contribution is 2.26. The van der Waals surface area contributed by atoms with Crippen molar-refractivity contribution in [2.24, 2.45) is 0 Å². The summed E-state index contributed by atoms with van der Waals surface area (Å²) in [4.78, 5) is 10.3. The highest BCUT2D eigenvalue weighted by Gasteiger charge is 2.36. The fourth-order valence-electron chi connectivity index (χ4n) is 1.91. The van der Waals surface area contributed by atoms with Gasteiger partial charge >= 0.3 is 5.97 Å². The Morgan fingerprint density at radius 2 is 1.90 bits per heavy atom. The number of hydrogen-bond donors (Lipinski definition) is 1. The van der Waals surface area contributed by atoms with Crippen LogP contribution in [0.1, 0.15) is 58.3 Å². The molecule has 0 bridgehead atoms. The Balaban J connectivity index is 1.99. The van der Waals surface area contributed by atoms with Gasteiger partial charge in [-0.05, 0) is 31.6 Å². The Labute approximate surface area is 127 Å². The van der Waals surface area contributed by atoms with E-state index >= 15 is 0 Å². The van der Waals surface area contributed by atoms with Crippen molar-refractivity contribution in [1.29, 1.82) is 0 Å². The summed E-state index contributed by atoms with van der Waals surface area (Å²) in [5, 5.41) is 8.44. The average molecular weight is 286 g/mol. The van der Waals surface area contributed by atoms with Gasteiger partial charge in [-0.1, -0.05) is 31.1 Å². The lowest BCUT2D eigenvalue weighted by molar-refractivity contribution is -0.136. The third kappa shape index (κ3) is 9.61. The van der Waals surface area contributed by atoms with Crippen molar-refractivity contribution in [3.8, 4) is 35.5 Å². The van der Waals surface area contributed by atoms with Crippen LogP contribution in [0.4, 0.5) is 0 Å². The molecule has 1 aliphatic heterocycles. The molecule has 0 unspecified atom stereocenters. The highest BCUT2D eigenvalue weighted by molar-refractivity contribution is 5.67. The van der Waals surface area contributed by atoms with Gasteiger partial charge in [0.2, 0.25) is 0 Å². The van der Waals surface area contributed by atoms with Gasteiger partial charge in [0.1, 0.15) is 6.10 Å². The molecule has 1 aliphatic rings. The summed E-state index contributed by atoms with van der Waals surface area (Å²) in [6, 6.07) is 0. The number of epoxide rings is 1. The van der Waals surface area contributed by atoms with Crippen molar-refractivity contribution < 1.29 is 14.6 Å². The molecule has 0 amide bonds. The van der Waals surface area contributed by atoms with Gasteiger partial charge in [0, 0.05) is 12.8 Å². The van der Waals surface area contributed by atoms with Crippen molar-refractivity contribution in [1.82, 2.24) is 0 Å². The lowest BCUT2D eigenvalue weighted by Crippen LogP contribution is -1.92. The van der Waals surface area contributed by atoms with Gasteiger partial charge in [0.05, 0.1) is 12.5 Å². The molecule has 0 spiro atoms. The molecule has 21 heavy (non-hydrogen) atoms. The van der Waals surface area contributed by atoms with E-state index in [0.29, 0.717) is 6.42 Å². The molecule has 1 fully saturated rings. The first-order valence-corrected chi connectivity index (χ1v) is 7.49. The summed E-state index contributed by atoms with van der Waals surface area (Å²) in [6.07, 6.45) is 7.60. The van der Waals surface area contributed by atoms with E-state index in [1.165, 1.54) is 25.7 Å². The van der Waals surface area contributed by atoms with Crippen LogP contribution in [0.15, 0.2) is 0 Å². The Hall–Kier alpha value is -1.89. The monoisotopic (exact) mass is 286 g/mol. The van der Waals surface area contributed by atoms with Gasteiger partial charge in [-0.3, -0.25) is 4.79 Å². The lowest BCUT2D eigenvalue weighted by atomic mass is 10.1. The van der Waals surface area contributed by atoms with E-state index in [9.17, 15) is 4.79 Å². The van der Waals surface area contributed by atoms with Crippen LogP contribution < -0.4 is 0 Å². The van der Waals surface area contributed by atoms with Crippen LogP contribution in [0.2, 0.25) is 0 Å². The fourth-order valence-corrected chi connectivity index (χ4v) is 1.91. The van der Waals surface area contributed by atoms with Crippen LogP contribution >= 0.6 is 0 Å². The molecule has 3 heteroatoms. The van der Waals surface area contributed by atoms with Crippen molar-refractivity contribution >= 4 is 5.97 Å². The molecular formula is C18H22O3. The van der Waals surface area contributed by atoms with E-state index in [4.69, 9.17) is 9.84 Å². The smallest absolute Gasteiger partial charge is 0.304 e. The molecule has 0 radical (unpaired) electrons. The highest BCUT2D eigenvalue weighted by atomic mass is 16.6. The van der Waals surface area contributed by atoms with Crippen LogP contribution in [0, 0.1) is 35.5 Å². The van der Waals surface area contributed by atoms with E-state index in [-0.39, 0.29) is 18.6 Å². The first-order chi connectivity index (χ1) is 10.2. The number of hydrogen-bond acceptors (Lipinski definition) is 2. The molecule has 0 aliphatic carbocycles. The number of carboxylic acid groups (broad SMARTS) is 1. The molecule has 0 aromatic rings. The zero-order valence-electron chi connectivity index (χ0n) is 12.6. The molecule has 112 valence electrons. The Morgan fingerprint density at radius 3 is 2.67 bits per heavy atom. The molecule has 1 N–H and O–H groups in total. The summed E-state index contributed by atoms with van der Waals surface area (Å²) < 4.78 is 5.45. The zero-order chi connectivity index (χ0) is 15.3. The summed E-state index contributed by atoms with van der Waals surface area (Å²) in [5.74, 6) is 16.2. The second-order valence-electron chi connectivity index (χ2n) is 4.94. The minimum Gasteiger partial charge on any atom is -0.481 e. The Kier molecular flexibility index (Phi) is 8.86. The maximum absolute atomic E-state index is 10.3. The minimum atomic E-state index is -0.829. The van der Waals surface area contributed by atoms with Crippen molar-refractivity contribution in [2.45, 2.75) is 70.5 Å². The molecule has 0 aromatic heterocycles. The predicted molar refractivity (Wildman–Crippen MR) is 82.2 cm³/mol. The van der Waals surface area contributed by atoms with Gasteiger partial charge in [-0.25, -0.2) is 0 Å². The average Bonchev–Trinajstić information content (AvgIpc) is 3.20. The number of aliphatic carboxylic acids is 1. The van der Waals surface area contributed by atoms with Crippen LogP contribution in [0.25, 0.3) is 0 Å². The third-order valence-electron chi connectivity index (χ3n) is 3.13. The predicted octanol–water partition coefficient (Wildman–Crippen LogP) is 2.99. The second kappa shape index (κ2) is 10.8. The van der Waals surface area contributed by atoms with Gasteiger partial charge in [-0.15, -0.1) is 11.8 Å². The van der Waals surface area contributed by atoms with Crippen molar-refractivity contribution in [3.05, 3.63) is 0 Å². The Bertz CT molecular complexity index is 502. The van der Waals surface area contributed by atoms with Crippen LogP contribution in [0.5, 0.6) is 0 Å². The van der Waals surface area contributed by atoms with Gasteiger partial charge in [0.25, 0.3) is 0 Å². The fraction of sp³-hybridized carbons (Fsp3) is 0.611. The van der Waals surface area contributed by atoms with E-state index in [0.717, 1.165) is 12.8 Å². The van der Waals surface area contributed by atoms with Crippen LogP contribution in [-0.4, -0.2) is 23.3 Å². The SMILES string of the molecule is CC#CCCCCCC[C@H]1O[C@@H]1C#CC#CCCC(=O)O. The van der Waals surface area contributed by atoms with Gasteiger partial charge in [-0.2, -0.15) is 0 Å². The molecule has 1 saturated heterocycles. The van der Waals surface area contributed by atoms with Gasteiger partial charge in [0.15, 0.2) is 0 Å². The normalized spacial score (nSPS) is 18.3. The summed E-state index contributed by atoms with van der Waals surface area (Å²) in [6.45, 7) is 1.88. The zero-order valence-corrected chi connectivity index (χ0v) is 12.6. The second-order valence-corrected chi connectivity index (χ2v) is 4.94. The standard InChI is InChI=1S/C18H22O3/c1-2-3-4-5-6-7-10-13-16-17(21-16)14-11-8-9-12-15-18(19)20/h16-17H,4-7,10,12-13,15H2,1H3,(H,19,20)/t16-,17-/m1/s1. The Morgan fingerprint density at radius 1 is 1.10 bits per heavy atom. The number of unbranched alkanes of at least 4 members (excludes halogenated alkanes) is 4.